The Balaban J connectivity index is 1.77. The molecule has 0 atom stereocenters. The molecule has 0 saturated heterocycles. The minimum absolute atomic E-state index is 0.934. The molecule has 0 aliphatic rings. The van der Waals surface area contributed by atoms with E-state index in [4.69, 9.17) is 4.98 Å². The average Bonchev–Trinajstić information content (AvgIpc) is 3.00. The molecule has 2 heterocycles. The zero-order valence-corrected chi connectivity index (χ0v) is 13.4. The van der Waals surface area contributed by atoms with Crippen LogP contribution in [0.3, 0.4) is 0 Å². The van der Waals surface area contributed by atoms with Crippen LogP contribution in [0.25, 0.3) is 16.9 Å². The van der Waals surface area contributed by atoms with E-state index in [2.05, 4.69) is 77.3 Å². The van der Waals surface area contributed by atoms with E-state index in [0.717, 1.165) is 22.7 Å². The quantitative estimate of drug-likeness (QED) is 0.476. The number of rotatable bonds is 4. The lowest BCUT2D eigenvalue weighted by Gasteiger charge is -2.05. The van der Waals surface area contributed by atoms with E-state index in [-0.39, 0.29) is 0 Å². The van der Waals surface area contributed by atoms with Crippen LogP contribution in [0.4, 0.5) is 0 Å². The molecule has 2 aromatic heterocycles. The van der Waals surface area contributed by atoms with Crippen LogP contribution in [0.2, 0.25) is 0 Å². The van der Waals surface area contributed by atoms with Crippen LogP contribution >= 0.6 is 11.8 Å². The molecular weight excluding hydrogens is 300 g/mol. The molecule has 0 bridgehead atoms. The second kappa shape index (κ2) is 6.31. The highest BCUT2D eigenvalue weighted by atomic mass is 32.2. The molecule has 3 heteroatoms. The fourth-order valence-electron chi connectivity index (χ4n) is 2.62. The number of fused-ring (bicyclic) bond motifs is 1. The topological polar surface area (TPSA) is 17.3 Å². The Morgan fingerprint density at radius 2 is 1.48 bits per heavy atom. The van der Waals surface area contributed by atoms with E-state index >= 15 is 0 Å². The fourth-order valence-corrected chi connectivity index (χ4v) is 3.71. The molecule has 0 aliphatic heterocycles. The van der Waals surface area contributed by atoms with E-state index in [1.54, 1.807) is 0 Å². The van der Waals surface area contributed by atoms with E-state index in [1.807, 2.05) is 23.9 Å². The molecule has 4 rings (SSSR count). The molecule has 23 heavy (non-hydrogen) atoms. The molecule has 0 aliphatic carbocycles. The molecule has 4 aromatic rings. The lowest BCUT2D eigenvalue weighted by Crippen LogP contribution is -1.88. The zero-order valence-electron chi connectivity index (χ0n) is 12.6. The number of benzene rings is 2. The molecule has 0 N–H and O–H groups in total. The van der Waals surface area contributed by atoms with Gasteiger partial charge in [-0.3, -0.25) is 4.40 Å². The summed E-state index contributed by atoms with van der Waals surface area (Å²) in [6, 6.07) is 27.1. The normalized spacial score (nSPS) is 11.0. The Kier molecular flexibility index (Phi) is 3.86. The predicted octanol–water partition coefficient (Wildman–Crippen LogP) is 5.29. The first-order valence-corrected chi connectivity index (χ1v) is 8.59. The van der Waals surface area contributed by atoms with Gasteiger partial charge in [-0.25, -0.2) is 4.98 Å². The third kappa shape index (κ3) is 2.88. The first-order valence-electron chi connectivity index (χ1n) is 7.61. The summed E-state index contributed by atoms with van der Waals surface area (Å²) in [5.74, 6) is 0.934. The van der Waals surface area contributed by atoms with Crippen LogP contribution in [0.1, 0.15) is 5.56 Å². The van der Waals surface area contributed by atoms with Crippen LogP contribution in [0.5, 0.6) is 0 Å². The summed E-state index contributed by atoms with van der Waals surface area (Å²) in [7, 11) is 0. The molecular formula is C20H16N2S. The van der Waals surface area contributed by atoms with Crippen molar-refractivity contribution >= 4 is 17.4 Å². The summed E-state index contributed by atoms with van der Waals surface area (Å²) >= 11 is 1.83. The van der Waals surface area contributed by atoms with Crippen LogP contribution in [-0.4, -0.2) is 9.38 Å². The molecule has 0 amide bonds. The van der Waals surface area contributed by atoms with Gasteiger partial charge in [0.1, 0.15) is 16.4 Å². The van der Waals surface area contributed by atoms with Gasteiger partial charge in [-0.1, -0.05) is 66.7 Å². The number of hydrogen-bond acceptors (Lipinski definition) is 2. The molecule has 0 saturated carbocycles. The Morgan fingerprint density at radius 3 is 2.26 bits per heavy atom. The summed E-state index contributed by atoms with van der Waals surface area (Å²) in [6.45, 7) is 0. The fraction of sp³-hybridized carbons (Fsp3) is 0.0500. The zero-order chi connectivity index (χ0) is 15.5. The Labute approximate surface area is 139 Å². The summed E-state index contributed by atoms with van der Waals surface area (Å²) in [6.07, 6.45) is 2.09. The highest BCUT2D eigenvalue weighted by Crippen LogP contribution is 2.33. The second-order valence-electron chi connectivity index (χ2n) is 5.33. The summed E-state index contributed by atoms with van der Waals surface area (Å²) in [4.78, 5) is 4.84. The van der Waals surface area contributed by atoms with Crippen molar-refractivity contribution in [2.45, 2.75) is 10.8 Å². The highest BCUT2D eigenvalue weighted by molar-refractivity contribution is 7.98. The number of hydrogen-bond donors (Lipinski definition) is 0. The molecule has 0 radical (unpaired) electrons. The SMILES string of the molecule is c1ccc(CSc2c(-c3ccccc3)nc3ccccn23)cc1. The Hall–Kier alpha value is -2.52. The number of imidazole rings is 1. The van der Waals surface area contributed by atoms with Crippen molar-refractivity contribution < 1.29 is 0 Å². The van der Waals surface area contributed by atoms with Crippen LogP contribution < -0.4 is 0 Å². The predicted molar refractivity (Wildman–Crippen MR) is 96.6 cm³/mol. The average molecular weight is 316 g/mol. The van der Waals surface area contributed by atoms with E-state index in [1.165, 1.54) is 10.6 Å². The van der Waals surface area contributed by atoms with Crippen molar-refractivity contribution in [3.05, 3.63) is 90.6 Å². The summed E-state index contributed by atoms with van der Waals surface area (Å²) < 4.78 is 2.18. The molecule has 112 valence electrons. The van der Waals surface area contributed by atoms with Gasteiger partial charge in [-0.15, -0.1) is 11.8 Å². The first-order chi connectivity index (χ1) is 11.4. The first kappa shape index (κ1) is 14.1. The lowest BCUT2D eigenvalue weighted by atomic mass is 10.2. The van der Waals surface area contributed by atoms with Crippen LogP contribution in [-0.2, 0) is 5.75 Å². The van der Waals surface area contributed by atoms with Gasteiger partial charge < -0.3 is 0 Å². The van der Waals surface area contributed by atoms with Gasteiger partial charge in [0.15, 0.2) is 0 Å². The summed E-state index contributed by atoms with van der Waals surface area (Å²) in [5.41, 5.74) is 4.52. The van der Waals surface area contributed by atoms with Crippen molar-refractivity contribution in [3.63, 3.8) is 0 Å². The largest absolute Gasteiger partial charge is 0.294 e. The Bertz CT molecular complexity index is 914. The van der Waals surface area contributed by atoms with Gasteiger partial charge in [-0.05, 0) is 17.7 Å². The van der Waals surface area contributed by atoms with Gasteiger partial charge in [-0.2, -0.15) is 0 Å². The van der Waals surface area contributed by atoms with Crippen molar-refractivity contribution in [1.29, 1.82) is 0 Å². The maximum atomic E-state index is 4.84. The number of thioether (sulfide) groups is 1. The third-order valence-electron chi connectivity index (χ3n) is 3.75. The minimum Gasteiger partial charge on any atom is -0.294 e. The smallest absolute Gasteiger partial charge is 0.138 e. The Morgan fingerprint density at radius 1 is 0.783 bits per heavy atom. The molecule has 2 aromatic carbocycles. The van der Waals surface area contributed by atoms with E-state index < -0.39 is 0 Å². The van der Waals surface area contributed by atoms with Crippen molar-refractivity contribution in [3.8, 4) is 11.3 Å². The summed E-state index contributed by atoms with van der Waals surface area (Å²) in [5, 5.41) is 1.19. The van der Waals surface area contributed by atoms with Gasteiger partial charge >= 0.3 is 0 Å². The number of pyridine rings is 1. The number of aromatic nitrogens is 2. The van der Waals surface area contributed by atoms with E-state index in [0.29, 0.717) is 0 Å². The minimum atomic E-state index is 0.934. The molecule has 0 fully saturated rings. The standard InChI is InChI=1S/C20H16N2S/c1-3-9-16(10-4-1)15-23-20-19(17-11-5-2-6-12-17)21-18-13-7-8-14-22(18)20/h1-14H,15H2. The van der Waals surface area contributed by atoms with Gasteiger partial charge in [0, 0.05) is 17.5 Å². The lowest BCUT2D eigenvalue weighted by molar-refractivity contribution is 1.05. The van der Waals surface area contributed by atoms with Crippen molar-refractivity contribution in [1.82, 2.24) is 9.38 Å². The molecule has 0 unspecified atom stereocenters. The maximum absolute atomic E-state index is 4.84. The van der Waals surface area contributed by atoms with Crippen LogP contribution in [0, 0.1) is 0 Å². The third-order valence-corrected chi connectivity index (χ3v) is 4.89. The van der Waals surface area contributed by atoms with Gasteiger partial charge in [0.05, 0.1) is 0 Å². The molecule has 2 nitrogen and oxygen atoms in total. The number of nitrogens with zero attached hydrogens (tertiary/aromatic N) is 2. The van der Waals surface area contributed by atoms with Gasteiger partial charge in [0.25, 0.3) is 0 Å². The maximum Gasteiger partial charge on any atom is 0.138 e. The van der Waals surface area contributed by atoms with Crippen LogP contribution in [0.15, 0.2) is 90.1 Å². The monoisotopic (exact) mass is 316 g/mol. The second-order valence-corrected chi connectivity index (χ2v) is 6.30. The van der Waals surface area contributed by atoms with Crippen molar-refractivity contribution in [2.24, 2.45) is 0 Å². The molecule has 0 spiro atoms. The highest BCUT2D eigenvalue weighted by Gasteiger charge is 2.14. The van der Waals surface area contributed by atoms with E-state index in [9.17, 15) is 0 Å². The van der Waals surface area contributed by atoms with Gasteiger partial charge in [0.2, 0.25) is 0 Å². The van der Waals surface area contributed by atoms with Crippen molar-refractivity contribution in [2.75, 3.05) is 0 Å².